The van der Waals surface area contributed by atoms with Crippen LogP contribution in [0.3, 0.4) is 0 Å². The molecule has 1 heterocycles. The van der Waals surface area contributed by atoms with Crippen molar-refractivity contribution < 1.29 is 4.39 Å². The van der Waals surface area contributed by atoms with E-state index in [1.54, 1.807) is 29.7 Å². The zero-order chi connectivity index (χ0) is 9.97. The van der Waals surface area contributed by atoms with Crippen molar-refractivity contribution in [3.8, 4) is 10.6 Å². The average Bonchev–Trinajstić information content (AvgIpc) is 2.67. The van der Waals surface area contributed by atoms with Gasteiger partial charge in [-0.3, -0.25) is 0 Å². The molecule has 0 aliphatic heterocycles. The number of halogens is 1. The van der Waals surface area contributed by atoms with E-state index >= 15 is 0 Å². The van der Waals surface area contributed by atoms with Gasteiger partial charge in [0.15, 0.2) is 0 Å². The third-order valence-corrected chi connectivity index (χ3v) is 2.91. The van der Waals surface area contributed by atoms with Crippen molar-refractivity contribution in [2.75, 3.05) is 12.4 Å². The lowest BCUT2D eigenvalue weighted by atomic mass is 10.2. The minimum Gasteiger partial charge on any atom is -0.379 e. The van der Waals surface area contributed by atoms with Crippen LogP contribution < -0.4 is 5.32 Å². The highest BCUT2D eigenvalue weighted by Gasteiger charge is 2.03. The number of nitrogens with one attached hydrogen (secondary N) is 1. The zero-order valence-electron chi connectivity index (χ0n) is 7.62. The van der Waals surface area contributed by atoms with E-state index in [4.69, 9.17) is 0 Å². The van der Waals surface area contributed by atoms with E-state index in [-0.39, 0.29) is 5.82 Å². The Balaban J connectivity index is 2.34. The largest absolute Gasteiger partial charge is 0.379 e. The molecule has 0 spiro atoms. The predicted molar refractivity (Wildman–Crippen MR) is 57.1 cm³/mol. The molecule has 0 saturated carbocycles. The summed E-state index contributed by atoms with van der Waals surface area (Å²) in [6.45, 7) is 0. The van der Waals surface area contributed by atoms with Gasteiger partial charge in [-0.25, -0.2) is 9.37 Å². The quantitative estimate of drug-likeness (QED) is 0.820. The first-order valence-electron chi connectivity index (χ1n) is 4.19. The van der Waals surface area contributed by atoms with Crippen LogP contribution in [0, 0.1) is 5.82 Å². The van der Waals surface area contributed by atoms with Gasteiger partial charge in [-0.1, -0.05) is 11.3 Å². The molecule has 72 valence electrons. The highest BCUT2D eigenvalue weighted by Crippen LogP contribution is 2.27. The number of rotatable bonds is 2. The molecule has 0 fully saturated rings. The fourth-order valence-corrected chi connectivity index (χ4v) is 1.89. The van der Waals surface area contributed by atoms with Crippen LogP contribution in [0.15, 0.2) is 30.5 Å². The SMILES string of the molecule is CNc1cnc(-c2ccc(F)cc2)s1. The van der Waals surface area contributed by atoms with E-state index in [0.717, 1.165) is 15.6 Å². The Morgan fingerprint density at radius 2 is 2.00 bits per heavy atom. The molecule has 1 aromatic heterocycles. The topological polar surface area (TPSA) is 24.9 Å². The average molecular weight is 208 g/mol. The predicted octanol–water partition coefficient (Wildman–Crippen LogP) is 2.99. The van der Waals surface area contributed by atoms with Crippen LogP contribution in [0.4, 0.5) is 9.39 Å². The summed E-state index contributed by atoms with van der Waals surface area (Å²) in [5, 5.41) is 4.91. The summed E-state index contributed by atoms with van der Waals surface area (Å²) in [5.74, 6) is -0.223. The maximum atomic E-state index is 12.6. The molecule has 0 saturated heterocycles. The first-order valence-corrected chi connectivity index (χ1v) is 5.01. The lowest BCUT2D eigenvalue weighted by Crippen LogP contribution is -1.80. The molecule has 4 heteroatoms. The van der Waals surface area contributed by atoms with E-state index in [0.29, 0.717) is 0 Å². The Hall–Kier alpha value is -1.42. The third-order valence-electron chi connectivity index (χ3n) is 1.84. The monoisotopic (exact) mass is 208 g/mol. The summed E-state index contributed by atoms with van der Waals surface area (Å²) < 4.78 is 12.6. The Kier molecular flexibility index (Phi) is 2.45. The van der Waals surface area contributed by atoms with Gasteiger partial charge >= 0.3 is 0 Å². The minimum atomic E-state index is -0.223. The minimum absolute atomic E-state index is 0.223. The molecule has 0 radical (unpaired) electrons. The first-order chi connectivity index (χ1) is 6.79. The molecule has 2 nitrogen and oxygen atoms in total. The molecule has 14 heavy (non-hydrogen) atoms. The normalized spacial score (nSPS) is 10.1. The van der Waals surface area contributed by atoms with Crippen molar-refractivity contribution >= 4 is 16.3 Å². The highest BCUT2D eigenvalue weighted by molar-refractivity contribution is 7.18. The van der Waals surface area contributed by atoms with Gasteiger partial charge < -0.3 is 5.32 Å². The van der Waals surface area contributed by atoms with Gasteiger partial charge in [0.25, 0.3) is 0 Å². The lowest BCUT2D eigenvalue weighted by molar-refractivity contribution is 0.628. The van der Waals surface area contributed by atoms with Gasteiger partial charge in [-0.2, -0.15) is 0 Å². The van der Waals surface area contributed by atoms with Crippen molar-refractivity contribution in [2.45, 2.75) is 0 Å². The smallest absolute Gasteiger partial charge is 0.125 e. The molecular weight excluding hydrogens is 199 g/mol. The fraction of sp³-hybridized carbons (Fsp3) is 0.100. The molecular formula is C10H9FN2S. The van der Waals surface area contributed by atoms with Gasteiger partial charge in [0.1, 0.15) is 15.8 Å². The Labute approximate surface area is 85.4 Å². The van der Waals surface area contributed by atoms with Crippen molar-refractivity contribution in [2.24, 2.45) is 0 Å². The second-order valence-electron chi connectivity index (χ2n) is 2.79. The van der Waals surface area contributed by atoms with Gasteiger partial charge in [-0.15, -0.1) is 0 Å². The molecule has 2 aromatic rings. The van der Waals surface area contributed by atoms with Crippen LogP contribution in [0.5, 0.6) is 0 Å². The molecule has 0 unspecified atom stereocenters. The van der Waals surface area contributed by atoms with Crippen LogP contribution in [0.25, 0.3) is 10.6 Å². The van der Waals surface area contributed by atoms with Gasteiger partial charge in [0.05, 0.1) is 6.20 Å². The van der Waals surface area contributed by atoms with Crippen LogP contribution in [-0.2, 0) is 0 Å². The first kappa shape index (κ1) is 9.15. The second-order valence-corrected chi connectivity index (χ2v) is 3.82. The molecule has 2 rings (SSSR count). The number of hydrogen-bond acceptors (Lipinski definition) is 3. The Morgan fingerprint density at radius 3 is 2.57 bits per heavy atom. The summed E-state index contributed by atoms with van der Waals surface area (Å²) in [6, 6.07) is 6.34. The van der Waals surface area contributed by atoms with E-state index in [1.165, 1.54) is 12.1 Å². The zero-order valence-corrected chi connectivity index (χ0v) is 8.44. The van der Waals surface area contributed by atoms with Crippen molar-refractivity contribution in [1.29, 1.82) is 0 Å². The van der Waals surface area contributed by atoms with Crippen LogP contribution in [0.2, 0.25) is 0 Å². The summed E-state index contributed by atoms with van der Waals surface area (Å²) in [5.41, 5.74) is 0.943. The van der Waals surface area contributed by atoms with Crippen molar-refractivity contribution in [1.82, 2.24) is 4.98 Å². The van der Waals surface area contributed by atoms with E-state index in [9.17, 15) is 4.39 Å². The van der Waals surface area contributed by atoms with Crippen LogP contribution in [-0.4, -0.2) is 12.0 Å². The number of aromatic nitrogens is 1. The third kappa shape index (κ3) is 1.75. The van der Waals surface area contributed by atoms with Crippen LogP contribution in [0.1, 0.15) is 0 Å². The number of thiazole rings is 1. The maximum absolute atomic E-state index is 12.6. The van der Waals surface area contributed by atoms with E-state index in [2.05, 4.69) is 10.3 Å². The number of anilines is 1. The molecule has 0 aliphatic rings. The molecule has 0 atom stereocenters. The number of benzene rings is 1. The standard InChI is InChI=1S/C10H9FN2S/c1-12-9-6-13-10(14-9)7-2-4-8(11)5-3-7/h2-6,12H,1H3. The molecule has 0 bridgehead atoms. The summed E-state index contributed by atoms with van der Waals surface area (Å²) >= 11 is 1.55. The van der Waals surface area contributed by atoms with E-state index in [1.807, 2.05) is 7.05 Å². The molecule has 1 aromatic carbocycles. The molecule has 1 N–H and O–H groups in total. The summed E-state index contributed by atoms with van der Waals surface area (Å²) in [4.78, 5) is 4.22. The Bertz CT molecular complexity index is 422. The molecule has 0 aliphatic carbocycles. The van der Waals surface area contributed by atoms with Crippen molar-refractivity contribution in [3.05, 3.63) is 36.3 Å². The van der Waals surface area contributed by atoms with E-state index < -0.39 is 0 Å². The summed E-state index contributed by atoms with van der Waals surface area (Å²) in [6.07, 6.45) is 1.77. The van der Waals surface area contributed by atoms with Gasteiger partial charge in [0, 0.05) is 12.6 Å². The highest BCUT2D eigenvalue weighted by atomic mass is 32.1. The maximum Gasteiger partial charge on any atom is 0.125 e. The lowest BCUT2D eigenvalue weighted by Gasteiger charge is -1.94. The number of hydrogen-bond donors (Lipinski definition) is 1. The van der Waals surface area contributed by atoms with Gasteiger partial charge in [0.2, 0.25) is 0 Å². The second kappa shape index (κ2) is 3.75. The Morgan fingerprint density at radius 1 is 1.29 bits per heavy atom. The fourth-order valence-electron chi connectivity index (χ4n) is 1.12. The number of nitrogens with zero attached hydrogens (tertiary/aromatic N) is 1. The van der Waals surface area contributed by atoms with Crippen LogP contribution >= 0.6 is 11.3 Å². The molecule has 0 amide bonds. The summed E-state index contributed by atoms with van der Waals surface area (Å²) in [7, 11) is 1.85. The van der Waals surface area contributed by atoms with Gasteiger partial charge in [-0.05, 0) is 24.3 Å². The van der Waals surface area contributed by atoms with Crippen molar-refractivity contribution in [3.63, 3.8) is 0 Å².